The third-order valence-corrected chi connectivity index (χ3v) is 3.01. The SMILES string of the molecule is COCC(C)(CCO)NC(=O)Nc1ccc(F)c(Cl)c1. The van der Waals surface area contributed by atoms with Crippen molar-refractivity contribution in [3.8, 4) is 0 Å². The number of carbonyl (C=O) groups excluding carboxylic acids is 1. The fourth-order valence-electron chi connectivity index (χ4n) is 1.75. The highest BCUT2D eigenvalue weighted by Gasteiger charge is 2.25. The van der Waals surface area contributed by atoms with Gasteiger partial charge >= 0.3 is 6.03 Å². The number of rotatable bonds is 6. The van der Waals surface area contributed by atoms with Crippen LogP contribution in [0.3, 0.4) is 0 Å². The lowest BCUT2D eigenvalue weighted by molar-refractivity contribution is 0.104. The van der Waals surface area contributed by atoms with Gasteiger partial charge in [-0.3, -0.25) is 0 Å². The number of halogens is 2. The van der Waals surface area contributed by atoms with E-state index in [1.54, 1.807) is 6.92 Å². The number of hydrogen-bond acceptors (Lipinski definition) is 3. The monoisotopic (exact) mass is 304 g/mol. The van der Waals surface area contributed by atoms with Gasteiger partial charge < -0.3 is 20.5 Å². The molecule has 0 saturated carbocycles. The second-order valence-electron chi connectivity index (χ2n) is 4.68. The number of ether oxygens (including phenoxy) is 1. The van der Waals surface area contributed by atoms with Crippen LogP contribution in [-0.4, -0.2) is 37.0 Å². The molecule has 1 aromatic carbocycles. The smallest absolute Gasteiger partial charge is 0.319 e. The molecular weight excluding hydrogens is 287 g/mol. The fraction of sp³-hybridized carbons (Fsp3) is 0.462. The van der Waals surface area contributed by atoms with Crippen LogP contribution < -0.4 is 10.6 Å². The lowest BCUT2D eigenvalue weighted by Crippen LogP contribution is -2.51. The molecule has 7 heteroatoms. The van der Waals surface area contributed by atoms with Crippen molar-refractivity contribution in [3.05, 3.63) is 29.0 Å². The predicted molar refractivity (Wildman–Crippen MR) is 75.5 cm³/mol. The van der Waals surface area contributed by atoms with Gasteiger partial charge in [0, 0.05) is 19.4 Å². The Kier molecular flexibility index (Phi) is 6.19. The Morgan fingerprint density at radius 2 is 2.25 bits per heavy atom. The third kappa shape index (κ3) is 4.96. The van der Waals surface area contributed by atoms with Gasteiger partial charge in [-0.1, -0.05) is 11.6 Å². The Morgan fingerprint density at radius 3 is 2.80 bits per heavy atom. The number of urea groups is 1. The van der Waals surface area contributed by atoms with Crippen molar-refractivity contribution in [1.29, 1.82) is 0 Å². The van der Waals surface area contributed by atoms with E-state index < -0.39 is 17.4 Å². The van der Waals surface area contributed by atoms with Crippen molar-refractivity contribution in [2.24, 2.45) is 0 Å². The minimum absolute atomic E-state index is 0.0715. The molecule has 20 heavy (non-hydrogen) atoms. The number of methoxy groups -OCH3 is 1. The van der Waals surface area contributed by atoms with Gasteiger partial charge in [0.05, 0.1) is 17.2 Å². The molecule has 3 N–H and O–H groups in total. The van der Waals surface area contributed by atoms with Crippen molar-refractivity contribution in [3.63, 3.8) is 0 Å². The zero-order chi connectivity index (χ0) is 15.2. The molecule has 5 nitrogen and oxygen atoms in total. The zero-order valence-electron chi connectivity index (χ0n) is 11.4. The summed E-state index contributed by atoms with van der Waals surface area (Å²) in [5, 5.41) is 14.2. The van der Waals surface area contributed by atoms with E-state index in [1.807, 2.05) is 0 Å². The summed E-state index contributed by atoms with van der Waals surface area (Å²) in [6.45, 7) is 1.93. The Labute approximate surface area is 122 Å². The molecule has 0 heterocycles. The maximum atomic E-state index is 13.0. The van der Waals surface area contributed by atoms with E-state index in [9.17, 15) is 9.18 Å². The van der Waals surface area contributed by atoms with Gasteiger partial charge in [0.2, 0.25) is 0 Å². The van der Waals surface area contributed by atoms with Crippen LogP contribution in [0.25, 0.3) is 0 Å². The van der Waals surface area contributed by atoms with Gasteiger partial charge in [-0.05, 0) is 31.5 Å². The molecule has 1 unspecified atom stereocenters. The molecule has 2 amide bonds. The molecule has 0 bridgehead atoms. The Bertz CT molecular complexity index is 465. The maximum absolute atomic E-state index is 13.0. The molecule has 112 valence electrons. The van der Waals surface area contributed by atoms with Crippen LogP contribution in [0, 0.1) is 5.82 Å². The first-order valence-corrected chi connectivity index (χ1v) is 6.42. The summed E-state index contributed by atoms with van der Waals surface area (Å²) in [7, 11) is 1.51. The molecule has 0 aliphatic rings. The van der Waals surface area contributed by atoms with Crippen LogP contribution in [-0.2, 0) is 4.74 Å². The number of amides is 2. The molecule has 1 atom stereocenters. The van der Waals surface area contributed by atoms with E-state index in [4.69, 9.17) is 21.4 Å². The first kappa shape index (κ1) is 16.7. The molecule has 0 spiro atoms. The highest BCUT2D eigenvalue weighted by Crippen LogP contribution is 2.19. The van der Waals surface area contributed by atoms with Crippen LogP contribution in [0.2, 0.25) is 5.02 Å². The molecule has 0 saturated heterocycles. The van der Waals surface area contributed by atoms with Crippen LogP contribution in [0.4, 0.5) is 14.9 Å². The number of aliphatic hydroxyl groups excluding tert-OH is 1. The van der Waals surface area contributed by atoms with E-state index in [-0.39, 0.29) is 18.2 Å². The molecular formula is C13H18ClFN2O3. The predicted octanol–water partition coefficient (Wildman–Crippen LogP) is 2.39. The largest absolute Gasteiger partial charge is 0.396 e. The van der Waals surface area contributed by atoms with E-state index in [0.717, 1.165) is 0 Å². The number of benzene rings is 1. The number of aliphatic hydroxyl groups is 1. The summed E-state index contributed by atoms with van der Waals surface area (Å²) in [5.74, 6) is -0.554. The first-order valence-electron chi connectivity index (χ1n) is 6.04. The minimum atomic E-state index is -0.697. The van der Waals surface area contributed by atoms with Gasteiger partial charge in [-0.15, -0.1) is 0 Å². The number of hydrogen-bond donors (Lipinski definition) is 3. The van der Waals surface area contributed by atoms with Crippen molar-refractivity contribution >= 4 is 23.3 Å². The summed E-state index contributed by atoms with van der Waals surface area (Å²) in [6, 6.07) is 3.40. The van der Waals surface area contributed by atoms with Crippen LogP contribution in [0.1, 0.15) is 13.3 Å². The van der Waals surface area contributed by atoms with Crippen LogP contribution in [0.15, 0.2) is 18.2 Å². The summed E-state index contributed by atoms with van der Waals surface area (Å²) < 4.78 is 18.0. The highest BCUT2D eigenvalue weighted by atomic mass is 35.5. The Hall–Kier alpha value is -1.37. The molecule has 1 aromatic rings. The number of nitrogens with one attached hydrogen (secondary N) is 2. The quantitative estimate of drug-likeness (QED) is 0.756. The normalized spacial score (nSPS) is 13.7. The Balaban J connectivity index is 2.67. The Morgan fingerprint density at radius 1 is 1.55 bits per heavy atom. The van der Waals surface area contributed by atoms with Gasteiger partial charge in [0.25, 0.3) is 0 Å². The summed E-state index contributed by atoms with van der Waals surface area (Å²) in [6.07, 6.45) is 0.346. The molecule has 0 fully saturated rings. The van der Waals surface area contributed by atoms with Crippen molar-refractivity contribution in [2.45, 2.75) is 18.9 Å². The molecule has 0 aromatic heterocycles. The number of anilines is 1. The van der Waals surface area contributed by atoms with Gasteiger partial charge in [-0.25, -0.2) is 9.18 Å². The van der Waals surface area contributed by atoms with E-state index in [2.05, 4.69) is 10.6 Å². The van der Waals surface area contributed by atoms with Crippen LogP contribution >= 0.6 is 11.6 Å². The van der Waals surface area contributed by atoms with Gasteiger partial charge in [-0.2, -0.15) is 0 Å². The van der Waals surface area contributed by atoms with Crippen molar-refractivity contribution < 1.29 is 19.0 Å². The maximum Gasteiger partial charge on any atom is 0.319 e. The lowest BCUT2D eigenvalue weighted by atomic mass is 10.00. The molecule has 0 aliphatic heterocycles. The summed E-state index contributed by atoms with van der Waals surface area (Å²) >= 11 is 5.63. The van der Waals surface area contributed by atoms with E-state index >= 15 is 0 Å². The third-order valence-electron chi connectivity index (χ3n) is 2.72. The average Bonchev–Trinajstić information content (AvgIpc) is 2.34. The van der Waals surface area contributed by atoms with Crippen molar-refractivity contribution in [2.75, 3.05) is 25.6 Å². The average molecular weight is 305 g/mol. The fourth-order valence-corrected chi connectivity index (χ4v) is 1.93. The molecule has 0 radical (unpaired) electrons. The van der Waals surface area contributed by atoms with Crippen molar-refractivity contribution in [1.82, 2.24) is 5.32 Å². The zero-order valence-corrected chi connectivity index (χ0v) is 12.1. The first-order chi connectivity index (χ1) is 9.40. The van der Waals surface area contributed by atoms with Crippen LogP contribution in [0.5, 0.6) is 0 Å². The van der Waals surface area contributed by atoms with E-state index in [1.165, 1.54) is 25.3 Å². The molecule has 0 aliphatic carbocycles. The molecule has 1 rings (SSSR count). The minimum Gasteiger partial charge on any atom is -0.396 e. The summed E-state index contributed by atoms with van der Waals surface area (Å²) in [5.41, 5.74) is -0.324. The topological polar surface area (TPSA) is 70.6 Å². The summed E-state index contributed by atoms with van der Waals surface area (Å²) in [4.78, 5) is 11.9. The van der Waals surface area contributed by atoms with Gasteiger partial charge in [0.1, 0.15) is 5.82 Å². The number of carbonyl (C=O) groups is 1. The highest BCUT2D eigenvalue weighted by molar-refractivity contribution is 6.31. The second kappa shape index (κ2) is 7.42. The van der Waals surface area contributed by atoms with Gasteiger partial charge in [0.15, 0.2) is 0 Å². The lowest BCUT2D eigenvalue weighted by Gasteiger charge is -2.29. The second-order valence-corrected chi connectivity index (χ2v) is 5.08. The van der Waals surface area contributed by atoms with E-state index in [0.29, 0.717) is 12.1 Å². The standard InChI is InChI=1S/C13H18ClFN2O3/c1-13(5-6-18,8-20-2)17-12(19)16-9-3-4-11(15)10(14)7-9/h3-4,7,18H,5-6,8H2,1-2H3,(H2,16,17,19).